The first kappa shape index (κ1) is 23.3. The second-order valence-electron chi connectivity index (χ2n) is 7.58. The number of hydrogen-bond acceptors (Lipinski definition) is 6. The highest BCUT2D eigenvalue weighted by Crippen LogP contribution is 2.17. The van der Waals surface area contributed by atoms with Crippen LogP contribution >= 0.6 is 0 Å². The van der Waals surface area contributed by atoms with Gasteiger partial charge >= 0.3 is 11.7 Å². The van der Waals surface area contributed by atoms with Crippen LogP contribution in [0.4, 0.5) is 14.5 Å². The van der Waals surface area contributed by atoms with Crippen molar-refractivity contribution in [3.8, 4) is 5.69 Å². The Kier molecular flexibility index (Phi) is 6.10. The highest BCUT2D eigenvalue weighted by Gasteiger charge is 2.24. The third-order valence-corrected chi connectivity index (χ3v) is 5.27. The summed E-state index contributed by atoms with van der Waals surface area (Å²) in [6, 6.07) is 7.03. The monoisotopic (exact) mass is 481 g/mol. The lowest BCUT2D eigenvalue weighted by molar-refractivity contribution is -0.139. The summed E-state index contributed by atoms with van der Waals surface area (Å²) in [4.78, 5) is 55.6. The fraction of sp³-hybridized carbons (Fsp3) is 0.0870. The molecule has 178 valence electrons. The van der Waals surface area contributed by atoms with Gasteiger partial charge in [0.15, 0.2) is 0 Å². The summed E-state index contributed by atoms with van der Waals surface area (Å²) in [6.45, 7) is 0. The fourth-order valence-electron chi connectivity index (χ4n) is 3.49. The van der Waals surface area contributed by atoms with E-state index < -0.39 is 52.1 Å². The molecule has 0 aliphatic heterocycles. The summed E-state index contributed by atoms with van der Waals surface area (Å²) < 4.78 is 28.6. The van der Waals surface area contributed by atoms with Gasteiger partial charge in [-0.3, -0.25) is 14.6 Å². The molecule has 0 radical (unpaired) electrons. The minimum absolute atomic E-state index is 0.213. The van der Waals surface area contributed by atoms with E-state index in [1.807, 2.05) is 0 Å². The van der Waals surface area contributed by atoms with Crippen LogP contribution in [0.15, 0.2) is 64.4 Å². The van der Waals surface area contributed by atoms with Crippen molar-refractivity contribution in [2.24, 2.45) is 0 Å². The van der Waals surface area contributed by atoms with E-state index in [1.54, 1.807) is 0 Å². The number of nitrogens with zero attached hydrogens (tertiary/aromatic N) is 2. The van der Waals surface area contributed by atoms with Crippen molar-refractivity contribution in [1.29, 1.82) is 0 Å². The minimum Gasteiger partial charge on any atom is -0.480 e. The molecule has 2 heterocycles. The van der Waals surface area contributed by atoms with Crippen LogP contribution in [-0.4, -0.2) is 37.6 Å². The molecule has 1 atom stereocenters. The van der Waals surface area contributed by atoms with E-state index in [0.717, 1.165) is 4.57 Å². The number of aromatic nitrogens is 3. The minimum atomic E-state index is -1.48. The molecule has 0 bridgehead atoms. The van der Waals surface area contributed by atoms with E-state index >= 15 is 0 Å². The number of carbonyl (C=O) groups excluding carboxylic acids is 1. The van der Waals surface area contributed by atoms with Gasteiger partial charge in [0.1, 0.15) is 17.7 Å². The maximum absolute atomic E-state index is 14.0. The number of carboxylic acid groups (broad SMARTS) is 1. The van der Waals surface area contributed by atoms with E-state index in [9.17, 15) is 33.1 Å². The summed E-state index contributed by atoms with van der Waals surface area (Å²) in [5.41, 5.74) is 3.77. The summed E-state index contributed by atoms with van der Waals surface area (Å²) >= 11 is 0. The molecule has 5 N–H and O–H groups in total. The van der Waals surface area contributed by atoms with Crippen molar-refractivity contribution in [3.05, 3.63) is 98.5 Å². The fourth-order valence-corrected chi connectivity index (χ4v) is 3.49. The number of carboxylic acids is 1. The van der Waals surface area contributed by atoms with Gasteiger partial charge in [-0.15, -0.1) is 0 Å². The van der Waals surface area contributed by atoms with Gasteiger partial charge in [-0.1, -0.05) is 12.1 Å². The van der Waals surface area contributed by atoms with Crippen molar-refractivity contribution < 1.29 is 23.5 Å². The van der Waals surface area contributed by atoms with Crippen molar-refractivity contribution >= 4 is 28.5 Å². The Morgan fingerprint density at radius 2 is 1.83 bits per heavy atom. The number of aromatic amines is 1. The molecule has 4 aromatic rings. The number of nitrogens with two attached hydrogens (primary N) is 1. The predicted molar refractivity (Wildman–Crippen MR) is 121 cm³/mol. The lowest BCUT2D eigenvalue weighted by atomic mass is 10.0. The second kappa shape index (κ2) is 9.17. The topological polar surface area (TPSA) is 160 Å². The number of aliphatic carboxylic acids is 1. The average molecular weight is 481 g/mol. The van der Waals surface area contributed by atoms with Crippen LogP contribution in [0.3, 0.4) is 0 Å². The van der Waals surface area contributed by atoms with Crippen LogP contribution in [0.1, 0.15) is 15.9 Å². The maximum Gasteiger partial charge on any atom is 0.333 e. The van der Waals surface area contributed by atoms with Gasteiger partial charge in [-0.2, -0.15) is 0 Å². The Labute approximate surface area is 194 Å². The number of anilines is 1. The molecule has 12 heteroatoms. The van der Waals surface area contributed by atoms with Crippen molar-refractivity contribution in [3.63, 3.8) is 0 Å². The zero-order valence-corrected chi connectivity index (χ0v) is 17.8. The Morgan fingerprint density at radius 1 is 1.11 bits per heavy atom. The van der Waals surface area contributed by atoms with Gasteiger partial charge in [-0.05, 0) is 29.8 Å². The largest absolute Gasteiger partial charge is 0.480 e. The standard InChI is InChI=1S/C23H17F2N5O5/c24-15-9-17(26)16(25)8-14(15)20(31)28-18(22(33)34)7-11-1-3-12(4-2-11)30-21(32)13-5-6-27-10-19(13)29-23(30)35/h1-6,8-10,18H,7,26H2,(H,28,31)(H,29,35)(H,33,34)/t18-/m0/s1. The molecule has 0 aliphatic rings. The molecule has 2 aromatic heterocycles. The lowest BCUT2D eigenvalue weighted by Gasteiger charge is -2.16. The SMILES string of the molecule is Nc1cc(F)c(C(=O)N[C@@H](Cc2ccc(-n3c(=O)[nH]c4cnccc4c3=O)cc2)C(=O)O)cc1F. The van der Waals surface area contributed by atoms with Crippen molar-refractivity contribution in [2.45, 2.75) is 12.5 Å². The summed E-state index contributed by atoms with van der Waals surface area (Å²) in [7, 11) is 0. The van der Waals surface area contributed by atoms with Gasteiger partial charge in [0.25, 0.3) is 11.5 Å². The number of halogens is 2. The van der Waals surface area contributed by atoms with Crippen molar-refractivity contribution in [1.82, 2.24) is 19.9 Å². The van der Waals surface area contributed by atoms with Crippen molar-refractivity contribution in [2.75, 3.05) is 5.73 Å². The number of hydrogen-bond donors (Lipinski definition) is 4. The van der Waals surface area contributed by atoms with Gasteiger partial charge in [-0.25, -0.2) is 22.9 Å². The summed E-state index contributed by atoms with van der Waals surface area (Å²) in [5.74, 6) is -4.66. The molecule has 35 heavy (non-hydrogen) atoms. The highest BCUT2D eigenvalue weighted by molar-refractivity contribution is 5.97. The van der Waals surface area contributed by atoms with E-state index in [2.05, 4.69) is 15.3 Å². The molecule has 0 saturated heterocycles. The highest BCUT2D eigenvalue weighted by atomic mass is 19.1. The average Bonchev–Trinajstić information content (AvgIpc) is 2.82. The molecule has 2 aromatic carbocycles. The van der Waals surface area contributed by atoms with Gasteiger partial charge < -0.3 is 21.1 Å². The quantitative estimate of drug-likeness (QED) is 0.303. The Bertz CT molecular complexity index is 1580. The third-order valence-electron chi connectivity index (χ3n) is 5.27. The molecular formula is C23H17F2N5O5. The van der Waals surface area contributed by atoms with Gasteiger partial charge in [0.2, 0.25) is 0 Å². The normalized spacial score (nSPS) is 11.8. The number of nitrogen functional groups attached to an aromatic ring is 1. The molecule has 0 saturated carbocycles. The van der Waals surface area contributed by atoms with E-state index in [4.69, 9.17) is 5.73 Å². The number of rotatable bonds is 6. The number of H-pyrrole nitrogens is 1. The van der Waals surface area contributed by atoms with E-state index in [-0.39, 0.29) is 23.0 Å². The van der Waals surface area contributed by atoms with E-state index in [0.29, 0.717) is 17.7 Å². The summed E-state index contributed by atoms with van der Waals surface area (Å²) in [6.07, 6.45) is 2.56. The molecular weight excluding hydrogens is 464 g/mol. The molecule has 10 nitrogen and oxygen atoms in total. The Balaban J connectivity index is 1.57. The Morgan fingerprint density at radius 3 is 2.51 bits per heavy atom. The number of pyridine rings is 1. The smallest absolute Gasteiger partial charge is 0.333 e. The Hall–Kier alpha value is -4.87. The lowest BCUT2D eigenvalue weighted by Crippen LogP contribution is -2.42. The van der Waals surface area contributed by atoms with Crippen LogP contribution in [0.2, 0.25) is 0 Å². The number of benzene rings is 2. The maximum atomic E-state index is 14.0. The predicted octanol–water partition coefficient (Wildman–Crippen LogP) is 1.36. The first-order chi connectivity index (χ1) is 16.7. The second-order valence-corrected chi connectivity index (χ2v) is 7.58. The molecule has 1 amide bonds. The molecule has 0 unspecified atom stereocenters. The van der Waals surface area contributed by atoms with Gasteiger partial charge in [0.05, 0.1) is 34.0 Å². The van der Waals surface area contributed by atoms with Crippen LogP contribution in [-0.2, 0) is 11.2 Å². The van der Waals surface area contributed by atoms with Crippen LogP contribution in [0.5, 0.6) is 0 Å². The molecule has 0 fully saturated rings. The third kappa shape index (κ3) is 4.62. The first-order valence-corrected chi connectivity index (χ1v) is 10.1. The van der Waals surface area contributed by atoms with E-state index in [1.165, 1.54) is 42.7 Å². The molecule has 4 rings (SSSR count). The van der Waals surface area contributed by atoms with Crippen LogP contribution in [0.25, 0.3) is 16.6 Å². The van der Waals surface area contributed by atoms with Crippen LogP contribution in [0, 0.1) is 11.6 Å². The van der Waals surface area contributed by atoms with Gasteiger partial charge in [0, 0.05) is 18.7 Å². The number of carbonyl (C=O) groups is 2. The zero-order valence-electron chi connectivity index (χ0n) is 17.8. The van der Waals surface area contributed by atoms with Crippen LogP contribution < -0.4 is 22.3 Å². The number of fused-ring (bicyclic) bond motifs is 1. The zero-order chi connectivity index (χ0) is 25.3. The number of nitrogens with one attached hydrogen (secondary N) is 2. The summed E-state index contributed by atoms with van der Waals surface area (Å²) in [5, 5.41) is 11.9. The first-order valence-electron chi connectivity index (χ1n) is 10.1. The number of amides is 1. The molecule has 0 spiro atoms. The molecule has 0 aliphatic carbocycles.